The van der Waals surface area contributed by atoms with Gasteiger partial charge in [-0.05, 0) is 37.3 Å². The van der Waals surface area contributed by atoms with Crippen molar-refractivity contribution in [3.63, 3.8) is 0 Å². The summed E-state index contributed by atoms with van der Waals surface area (Å²) in [5.41, 5.74) is 0.497. The summed E-state index contributed by atoms with van der Waals surface area (Å²) >= 11 is 6.12. The third-order valence-electron chi connectivity index (χ3n) is 4.21. The number of carbonyl (C=O) groups is 1. The maximum absolute atomic E-state index is 12.6. The zero-order chi connectivity index (χ0) is 18.5. The van der Waals surface area contributed by atoms with E-state index in [1.807, 2.05) is 18.2 Å². The Balaban J connectivity index is 1.57. The van der Waals surface area contributed by atoms with E-state index >= 15 is 0 Å². The summed E-state index contributed by atoms with van der Waals surface area (Å²) in [7, 11) is 0. The van der Waals surface area contributed by atoms with Gasteiger partial charge in [0, 0.05) is 13.0 Å². The summed E-state index contributed by atoms with van der Waals surface area (Å²) in [5, 5.41) is 9.51. The molecule has 2 aromatic carbocycles. The lowest BCUT2D eigenvalue weighted by Gasteiger charge is -2.22. The van der Waals surface area contributed by atoms with Gasteiger partial charge in [0.05, 0.1) is 23.2 Å². The molecule has 1 heterocycles. The van der Waals surface area contributed by atoms with Gasteiger partial charge in [0.2, 0.25) is 0 Å². The summed E-state index contributed by atoms with van der Waals surface area (Å²) < 4.78 is 11.6. The molecular weight excluding hydrogens is 352 g/mol. The molecule has 0 saturated carbocycles. The minimum atomic E-state index is -0.636. The van der Waals surface area contributed by atoms with Crippen molar-refractivity contribution in [2.75, 3.05) is 13.1 Å². The molecule has 1 aliphatic rings. The molecule has 1 aliphatic heterocycles. The van der Waals surface area contributed by atoms with E-state index in [-0.39, 0.29) is 12.0 Å². The van der Waals surface area contributed by atoms with Gasteiger partial charge in [0.25, 0.3) is 5.91 Å². The maximum Gasteiger partial charge on any atom is 0.263 e. The number of halogens is 1. The van der Waals surface area contributed by atoms with Gasteiger partial charge >= 0.3 is 0 Å². The Morgan fingerprint density at radius 3 is 2.88 bits per heavy atom. The van der Waals surface area contributed by atoms with Crippen LogP contribution in [0.1, 0.15) is 18.9 Å². The Morgan fingerprint density at radius 1 is 1.31 bits per heavy atom. The van der Waals surface area contributed by atoms with E-state index in [0.717, 1.165) is 6.42 Å². The fourth-order valence-corrected chi connectivity index (χ4v) is 3.08. The fourth-order valence-electron chi connectivity index (χ4n) is 2.90. The molecule has 134 valence electrons. The maximum atomic E-state index is 12.6. The van der Waals surface area contributed by atoms with Crippen LogP contribution in [0.4, 0.5) is 0 Å². The minimum absolute atomic E-state index is 0.0898. The quantitative estimate of drug-likeness (QED) is 0.805. The van der Waals surface area contributed by atoms with Crippen LogP contribution in [0.25, 0.3) is 0 Å². The highest BCUT2D eigenvalue weighted by atomic mass is 35.5. The standard InChI is InChI=1S/C20H19ClN2O3/c1-14(25-16-6-4-5-15(11-16)12-22)20(24)23-10-9-17(13-23)26-19-8-3-2-7-18(19)21/h2-8,11,14,17H,9-10,13H2,1H3/t14-,17-/m0/s1. The van der Waals surface area contributed by atoms with Gasteiger partial charge in [-0.25, -0.2) is 0 Å². The van der Waals surface area contributed by atoms with Crippen molar-refractivity contribution < 1.29 is 14.3 Å². The van der Waals surface area contributed by atoms with Crippen LogP contribution in [0.2, 0.25) is 5.02 Å². The Morgan fingerprint density at radius 2 is 2.12 bits per heavy atom. The number of amides is 1. The third kappa shape index (κ3) is 4.27. The topological polar surface area (TPSA) is 62.6 Å². The molecule has 1 saturated heterocycles. The number of hydrogen-bond acceptors (Lipinski definition) is 4. The van der Waals surface area contributed by atoms with E-state index < -0.39 is 6.10 Å². The summed E-state index contributed by atoms with van der Waals surface area (Å²) in [6.45, 7) is 2.82. The van der Waals surface area contributed by atoms with E-state index in [4.69, 9.17) is 26.3 Å². The minimum Gasteiger partial charge on any atom is -0.487 e. The molecule has 0 aromatic heterocycles. The number of benzene rings is 2. The lowest BCUT2D eigenvalue weighted by Crippen LogP contribution is -2.40. The van der Waals surface area contributed by atoms with Gasteiger partial charge in [-0.2, -0.15) is 5.26 Å². The highest BCUT2D eigenvalue weighted by Crippen LogP contribution is 2.27. The molecule has 0 spiro atoms. The van der Waals surface area contributed by atoms with Crippen molar-refractivity contribution in [1.82, 2.24) is 4.90 Å². The first-order chi connectivity index (χ1) is 12.6. The van der Waals surface area contributed by atoms with Crippen molar-refractivity contribution >= 4 is 17.5 Å². The highest BCUT2D eigenvalue weighted by Gasteiger charge is 2.31. The van der Waals surface area contributed by atoms with Gasteiger partial charge in [-0.3, -0.25) is 4.79 Å². The number of nitrogens with zero attached hydrogens (tertiary/aromatic N) is 2. The van der Waals surface area contributed by atoms with Crippen LogP contribution in [0, 0.1) is 11.3 Å². The second-order valence-electron chi connectivity index (χ2n) is 6.14. The van der Waals surface area contributed by atoms with Gasteiger partial charge in [-0.15, -0.1) is 0 Å². The van der Waals surface area contributed by atoms with Crippen molar-refractivity contribution in [2.45, 2.75) is 25.6 Å². The molecule has 6 heteroatoms. The first-order valence-electron chi connectivity index (χ1n) is 8.43. The van der Waals surface area contributed by atoms with Crippen LogP contribution >= 0.6 is 11.6 Å². The number of likely N-dealkylation sites (tertiary alicyclic amines) is 1. The molecule has 1 amide bonds. The van der Waals surface area contributed by atoms with Gasteiger partial charge in [-0.1, -0.05) is 29.8 Å². The number of para-hydroxylation sites is 1. The molecule has 0 aliphatic carbocycles. The molecule has 3 rings (SSSR count). The van der Waals surface area contributed by atoms with Crippen molar-refractivity contribution in [3.05, 3.63) is 59.1 Å². The second-order valence-corrected chi connectivity index (χ2v) is 6.55. The smallest absolute Gasteiger partial charge is 0.263 e. The molecule has 0 unspecified atom stereocenters. The van der Waals surface area contributed by atoms with Crippen LogP contribution in [0.5, 0.6) is 11.5 Å². The summed E-state index contributed by atoms with van der Waals surface area (Å²) in [5.74, 6) is 1.04. The molecule has 2 atom stereocenters. The number of ether oxygens (including phenoxy) is 2. The molecule has 0 bridgehead atoms. The number of carbonyl (C=O) groups excluding carboxylic acids is 1. The van der Waals surface area contributed by atoms with Crippen LogP contribution in [-0.4, -0.2) is 36.1 Å². The SMILES string of the molecule is C[C@H](Oc1cccc(C#N)c1)C(=O)N1CC[C@H](Oc2ccccc2Cl)C1. The number of rotatable bonds is 5. The number of hydrogen-bond donors (Lipinski definition) is 0. The van der Waals surface area contributed by atoms with E-state index in [2.05, 4.69) is 6.07 Å². The van der Waals surface area contributed by atoms with Crippen molar-refractivity contribution in [2.24, 2.45) is 0 Å². The van der Waals surface area contributed by atoms with E-state index in [9.17, 15) is 4.79 Å². The first kappa shape index (κ1) is 18.1. The Bertz CT molecular complexity index is 834. The van der Waals surface area contributed by atoms with Crippen molar-refractivity contribution in [3.8, 4) is 17.6 Å². The highest BCUT2D eigenvalue weighted by molar-refractivity contribution is 6.32. The Labute approximate surface area is 157 Å². The van der Waals surface area contributed by atoms with Crippen LogP contribution in [0.3, 0.4) is 0 Å². The molecule has 0 radical (unpaired) electrons. The molecule has 2 aromatic rings. The fraction of sp³-hybridized carbons (Fsp3) is 0.300. The zero-order valence-electron chi connectivity index (χ0n) is 14.4. The lowest BCUT2D eigenvalue weighted by molar-refractivity contribution is -0.137. The third-order valence-corrected chi connectivity index (χ3v) is 4.52. The van der Waals surface area contributed by atoms with E-state index in [0.29, 0.717) is 35.2 Å². The Kier molecular flexibility index (Phi) is 5.65. The normalized spacial score (nSPS) is 17.4. The zero-order valence-corrected chi connectivity index (χ0v) is 15.1. The summed E-state index contributed by atoms with van der Waals surface area (Å²) in [6.07, 6.45) is 0.0177. The van der Waals surface area contributed by atoms with E-state index in [1.165, 1.54) is 0 Å². The van der Waals surface area contributed by atoms with Gasteiger partial charge in [0.1, 0.15) is 17.6 Å². The summed E-state index contributed by atoms with van der Waals surface area (Å²) in [6, 6.07) is 16.1. The predicted molar refractivity (Wildman–Crippen MR) is 98.3 cm³/mol. The average molecular weight is 371 g/mol. The Hall–Kier alpha value is -2.71. The van der Waals surface area contributed by atoms with Crippen molar-refractivity contribution in [1.29, 1.82) is 5.26 Å². The molecule has 5 nitrogen and oxygen atoms in total. The first-order valence-corrected chi connectivity index (χ1v) is 8.81. The molecular formula is C20H19ClN2O3. The summed E-state index contributed by atoms with van der Waals surface area (Å²) in [4.78, 5) is 14.4. The average Bonchev–Trinajstić information content (AvgIpc) is 3.11. The van der Waals surface area contributed by atoms with Crippen LogP contribution in [0.15, 0.2) is 48.5 Å². The van der Waals surface area contributed by atoms with Gasteiger partial charge < -0.3 is 14.4 Å². The monoisotopic (exact) mass is 370 g/mol. The molecule has 1 fully saturated rings. The van der Waals surface area contributed by atoms with E-state index in [1.54, 1.807) is 42.2 Å². The molecule has 26 heavy (non-hydrogen) atoms. The van der Waals surface area contributed by atoms with Crippen LogP contribution < -0.4 is 9.47 Å². The second kappa shape index (κ2) is 8.11. The van der Waals surface area contributed by atoms with Gasteiger partial charge in [0.15, 0.2) is 6.10 Å². The largest absolute Gasteiger partial charge is 0.487 e. The predicted octanol–water partition coefficient (Wildman–Crippen LogP) is 3.66. The lowest BCUT2D eigenvalue weighted by atomic mass is 10.2. The number of nitriles is 1. The van der Waals surface area contributed by atoms with Crippen LogP contribution in [-0.2, 0) is 4.79 Å². The molecule has 0 N–H and O–H groups in total.